The Balaban J connectivity index is 2.05. The number of carbonyl (C=O) groups excluding carboxylic acids is 1. The van der Waals surface area contributed by atoms with Gasteiger partial charge in [0.05, 0.1) is 30.8 Å². The molecule has 2 aromatic rings. The van der Waals surface area contributed by atoms with Crippen molar-refractivity contribution in [1.82, 2.24) is 5.01 Å². The second kappa shape index (κ2) is 8.74. The monoisotopic (exact) mass is 431 g/mol. The van der Waals surface area contributed by atoms with Crippen LogP contribution in [0, 0.1) is 0 Å². The number of aromatic hydroxyl groups is 1. The summed E-state index contributed by atoms with van der Waals surface area (Å²) < 4.78 is 31.2. The van der Waals surface area contributed by atoms with Gasteiger partial charge in [0, 0.05) is 24.0 Å². The predicted octanol–water partition coefficient (Wildman–Crippen LogP) is 3.25. The number of phenolic OH excluding ortho intramolecular Hbond substituents is 1. The Morgan fingerprint density at radius 2 is 2.00 bits per heavy atom. The molecule has 30 heavy (non-hydrogen) atoms. The number of para-hydroxylation sites is 2. The Hall–Kier alpha value is -3.07. The van der Waals surface area contributed by atoms with Crippen LogP contribution in [0.2, 0.25) is 0 Å². The highest BCUT2D eigenvalue weighted by Crippen LogP contribution is 2.41. The molecule has 2 N–H and O–H groups in total. The molecule has 0 aliphatic carbocycles. The largest absolute Gasteiger partial charge is 0.504 e. The Morgan fingerprint density at radius 3 is 2.67 bits per heavy atom. The van der Waals surface area contributed by atoms with Crippen molar-refractivity contribution in [2.75, 3.05) is 18.1 Å². The molecule has 9 heteroatoms. The van der Waals surface area contributed by atoms with E-state index in [2.05, 4.69) is 9.82 Å². The summed E-state index contributed by atoms with van der Waals surface area (Å²) >= 11 is 0. The van der Waals surface area contributed by atoms with Gasteiger partial charge in [0.1, 0.15) is 0 Å². The average Bonchev–Trinajstić information content (AvgIpc) is 3.12. The number of rotatable bonds is 7. The van der Waals surface area contributed by atoms with Gasteiger partial charge in [-0.25, -0.2) is 13.4 Å². The number of sulfonamides is 1. The molecule has 2 aromatic carbocycles. The summed E-state index contributed by atoms with van der Waals surface area (Å²) in [6.07, 6.45) is 2.36. The van der Waals surface area contributed by atoms with Crippen molar-refractivity contribution in [1.29, 1.82) is 0 Å². The molecule has 0 fully saturated rings. The highest BCUT2D eigenvalue weighted by atomic mass is 32.2. The maximum atomic E-state index is 12.8. The lowest BCUT2D eigenvalue weighted by Gasteiger charge is -2.23. The number of nitrogens with zero attached hydrogens (tertiary/aromatic N) is 2. The van der Waals surface area contributed by atoms with Crippen LogP contribution < -0.4 is 9.46 Å². The van der Waals surface area contributed by atoms with Gasteiger partial charge in [-0.15, -0.1) is 0 Å². The number of methoxy groups -OCH3 is 1. The van der Waals surface area contributed by atoms with Crippen LogP contribution in [0.15, 0.2) is 47.6 Å². The molecular formula is C21H25N3O5S. The SMILES string of the molecule is CCCC(=O)N1N=C(c2ccccc2NS(C)(=O)=O)C[C@@H]1c1cccc(OC)c1O. The van der Waals surface area contributed by atoms with E-state index in [1.807, 2.05) is 6.92 Å². The lowest BCUT2D eigenvalue weighted by atomic mass is 9.96. The fraction of sp³-hybridized carbons (Fsp3) is 0.333. The summed E-state index contributed by atoms with van der Waals surface area (Å²) in [5.74, 6) is 0.0922. The van der Waals surface area contributed by atoms with E-state index < -0.39 is 16.1 Å². The molecule has 0 aromatic heterocycles. The summed E-state index contributed by atoms with van der Waals surface area (Å²) in [5, 5.41) is 16.6. The highest BCUT2D eigenvalue weighted by molar-refractivity contribution is 7.92. The number of benzene rings is 2. The van der Waals surface area contributed by atoms with E-state index in [4.69, 9.17) is 4.74 Å². The van der Waals surface area contributed by atoms with Crippen LogP contribution in [0.1, 0.15) is 43.4 Å². The second-order valence-corrected chi connectivity index (χ2v) is 8.82. The van der Waals surface area contributed by atoms with Crippen molar-refractivity contribution in [2.45, 2.75) is 32.2 Å². The van der Waals surface area contributed by atoms with Crippen molar-refractivity contribution >= 4 is 27.3 Å². The molecule has 8 nitrogen and oxygen atoms in total. The molecule has 1 amide bonds. The van der Waals surface area contributed by atoms with Gasteiger partial charge >= 0.3 is 0 Å². The first-order valence-corrected chi connectivity index (χ1v) is 11.5. The number of ether oxygens (including phenoxy) is 1. The molecule has 0 spiro atoms. The third-order valence-electron chi connectivity index (χ3n) is 4.77. The molecule has 0 unspecified atom stereocenters. The third kappa shape index (κ3) is 4.56. The van der Waals surface area contributed by atoms with Crippen LogP contribution in [0.25, 0.3) is 0 Å². The predicted molar refractivity (Wildman–Crippen MR) is 115 cm³/mol. The third-order valence-corrected chi connectivity index (χ3v) is 5.36. The summed E-state index contributed by atoms with van der Waals surface area (Å²) in [5.41, 5.74) is 2.05. The molecule has 0 bridgehead atoms. The van der Waals surface area contributed by atoms with Crippen molar-refractivity contribution in [2.24, 2.45) is 5.10 Å². The van der Waals surface area contributed by atoms with Gasteiger partial charge in [0.15, 0.2) is 11.5 Å². The smallest absolute Gasteiger partial charge is 0.243 e. The summed E-state index contributed by atoms with van der Waals surface area (Å²) in [6.45, 7) is 1.90. The normalized spacial score (nSPS) is 16.3. The van der Waals surface area contributed by atoms with Crippen molar-refractivity contribution in [3.8, 4) is 11.5 Å². The van der Waals surface area contributed by atoms with E-state index in [9.17, 15) is 18.3 Å². The molecule has 0 saturated carbocycles. The zero-order chi connectivity index (χ0) is 21.9. The molecule has 160 valence electrons. The van der Waals surface area contributed by atoms with Gasteiger partial charge in [-0.05, 0) is 18.6 Å². The topological polar surface area (TPSA) is 108 Å². The maximum Gasteiger partial charge on any atom is 0.243 e. The standard InChI is InChI=1S/C21H25N3O5S/c1-4-8-20(25)24-18(15-10-7-12-19(29-2)21(15)26)13-17(22-24)14-9-5-6-11-16(14)23-30(3,27)28/h5-7,9-12,18,23,26H,4,8,13H2,1-3H3/t18-/m1/s1. The minimum absolute atomic E-state index is 0.0432. The van der Waals surface area contributed by atoms with Crippen LogP contribution in [0.5, 0.6) is 11.5 Å². The van der Waals surface area contributed by atoms with E-state index in [0.29, 0.717) is 47.5 Å². The number of amides is 1. The molecular weight excluding hydrogens is 406 g/mol. The lowest BCUT2D eigenvalue weighted by molar-refractivity contribution is -0.133. The summed E-state index contributed by atoms with van der Waals surface area (Å²) in [4.78, 5) is 12.8. The van der Waals surface area contributed by atoms with Crippen molar-refractivity contribution in [3.63, 3.8) is 0 Å². The number of hydrogen-bond donors (Lipinski definition) is 2. The van der Waals surface area contributed by atoms with Crippen LogP contribution in [-0.4, -0.2) is 43.5 Å². The Bertz CT molecular complexity index is 1080. The molecule has 1 heterocycles. The number of carbonyl (C=O) groups is 1. The maximum absolute atomic E-state index is 12.8. The van der Waals surface area contributed by atoms with Crippen LogP contribution in [-0.2, 0) is 14.8 Å². The van der Waals surface area contributed by atoms with Crippen molar-refractivity contribution < 1.29 is 23.1 Å². The van der Waals surface area contributed by atoms with E-state index in [1.54, 1.807) is 42.5 Å². The first kappa shape index (κ1) is 21.6. The van der Waals surface area contributed by atoms with Crippen molar-refractivity contribution in [3.05, 3.63) is 53.6 Å². The van der Waals surface area contributed by atoms with E-state index in [0.717, 1.165) is 6.26 Å². The Morgan fingerprint density at radius 1 is 1.27 bits per heavy atom. The molecule has 0 saturated heterocycles. The van der Waals surface area contributed by atoms with Gasteiger partial charge in [0.25, 0.3) is 0 Å². The lowest BCUT2D eigenvalue weighted by Crippen LogP contribution is -2.26. The quantitative estimate of drug-likeness (QED) is 0.700. The fourth-order valence-electron chi connectivity index (χ4n) is 3.47. The van der Waals surface area contributed by atoms with Crippen LogP contribution in [0.4, 0.5) is 5.69 Å². The molecule has 0 radical (unpaired) electrons. The summed E-state index contributed by atoms with van der Waals surface area (Å²) in [6, 6.07) is 11.5. The minimum atomic E-state index is -3.49. The number of nitrogens with one attached hydrogen (secondary N) is 1. The minimum Gasteiger partial charge on any atom is -0.504 e. The zero-order valence-electron chi connectivity index (χ0n) is 17.1. The number of phenols is 1. The Kier molecular flexibility index (Phi) is 6.31. The van der Waals surface area contributed by atoms with Crippen LogP contribution >= 0.6 is 0 Å². The van der Waals surface area contributed by atoms with E-state index in [1.165, 1.54) is 12.1 Å². The first-order chi connectivity index (χ1) is 14.2. The number of anilines is 1. The molecule has 1 aliphatic rings. The van der Waals surface area contributed by atoms with E-state index in [-0.39, 0.29) is 11.7 Å². The highest BCUT2D eigenvalue weighted by Gasteiger charge is 2.35. The Labute approximate surface area is 176 Å². The number of hydrogen-bond acceptors (Lipinski definition) is 6. The first-order valence-electron chi connectivity index (χ1n) is 9.57. The summed E-state index contributed by atoms with van der Waals surface area (Å²) in [7, 11) is -2.03. The second-order valence-electron chi connectivity index (χ2n) is 7.07. The van der Waals surface area contributed by atoms with Gasteiger partial charge in [-0.1, -0.05) is 37.3 Å². The van der Waals surface area contributed by atoms with E-state index >= 15 is 0 Å². The molecule has 3 rings (SSSR count). The van der Waals surface area contributed by atoms with Gasteiger partial charge in [-0.2, -0.15) is 5.10 Å². The molecule has 1 aliphatic heterocycles. The van der Waals surface area contributed by atoms with Gasteiger partial charge < -0.3 is 9.84 Å². The molecule has 1 atom stereocenters. The zero-order valence-corrected chi connectivity index (χ0v) is 17.9. The average molecular weight is 432 g/mol. The number of hydrazone groups is 1. The van der Waals surface area contributed by atoms with Gasteiger partial charge in [0.2, 0.25) is 15.9 Å². The van der Waals surface area contributed by atoms with Crippen LogP contribution in [0.3, 0.4) is 0 Å². The van der Waals surface area contributed by atoms with Gasteiger partial charge in [-0.3, -0.25) is 9.52 Å². The fourth-order valence-corrected chi connectivity index (χ4v) is 4.05.